The zero-order valence-electron chi connectivity index (χ0n) is 22.6. The first-order valence-electron chi connectivity index (χ1n) is 13.2. The number of anilines is 1. The Hall–Kier alpha value is -4.33. The summed E-state index contributed by atoms with van der Waals surface area (Å²) in [6.07, 6.45) is 0.777. The third-order valence-corrected chi connectivity index (χ3v) is 6.30. The number of hydrogen-bond donors (Lipinski definition) is 4. The predicted octanol–water partition coefficient (Wildman–Crippen LogP) is 5.12. The van der Waals surface area contributed by atoms with Crippen LogP contribution in [0, 0.1) is 0 Å². The molecule has 3 aromatic rings. The van der Waals surface area contributed by atoms with Gasteiger partial charge in [-0.2, -0.15) is 0 Å². The highest BCUT2D eigenvalue weighted by molar-refractivity contribution is 5.97. The summed E-state index contributed by atoms with van der Waals surface area (Å²) in [4.78, 5) is 37.9. The van der Waals surface area contributed by atoms with E-state index in [-0.39, 0.29) is 17.9 Å². The SMILES string of the molecule is CC(C)(C)OC(=O)N[C@@H]1C[C@H]1c1ccc(NC(=O)C(Cc2ccccc2)NC(=O)NCc2ccccc2)cc1. The highest BCUT2D eigenvalue weighted by Crippen LogP contribution is 2.41. The minimum absolute atomic E-state index is 0.0362. The van der Waals surface area contributed by atoms with Gasteiger partial charge in [-0.3, -0.25) is 4.79 Å². The third-order valence-electron chi connectivity index (χ3n) is 6.30. The third kappa shape index (κ3) is 8.88. The van der Waals surface area contributed by atoms with Crippen LogP contribution in [0.3, 0.4) is 0 Å². The zero-order chi connectivity index (χ0) is 27.8. The molecule has 8 heteroatoms. The number of rotatable bonds is 9. The molecule has 0 heterocycles. The van der Waals surface area contributed by atoms with Crippen molar-refractivity contribution in [1.29, 1.82) is 0 Å². The number of nitrogens with one attached hydrogen (secondary N) is 4. The molecule has 0 bridgehead atoms. The summed E-state index contributed by atoms with van der Waals surface area (Å²) in [5.74, 6) is -0.0968. The zero-order valence-corrected chi connectivity index (χ0v) is 22.6. The summed E-state index contributed by atoms with van der Waals surface area (Å²) < 4.78 is 5.33. The molecule has 1 unspecified atom stereocenters. The van der Waals surface area contributed by atoms with E-state index in [1.807, 2.05) is 106 Å². The monoisotopic (exact) mass is 528 g/mol. The summed E-state index contributed by atoms with van der Waals surface area (Å²) in [7, 11) is 0. The minimum Gasteiger partial charge on any atom is -0.444 e. The molecule has 1 aliphatic rings. The van der Waals surface area contributed by atoms with Crippen molar-refractivity contribution in [2.24, 2.45) is 0 Å². The Kier molecular flexibility index (Phi) is 8.86. The van der Waals surface area contributed by atoms with Crippen molar-refractivity contribution in [3.05, 3.63) is 102 Å². The molecule has 0 aliphatic heterocycles. The fourth-order valence-electron chi connectivity index (χ4n) is 4.27. The maximum absolute atomic E-state index is 13.2. The van der Waals surface area contributed by atoms with Crippen molar-refractivity contribution in [3.8, 4) is 0 Å². The van der Waals surface area contributed by atoms with E-state index in [4.69, 9.17) is 4.74 Å². The fourth-order valence-corrected chi connectivity index (χ4v) is 4.27. The van der Waals surface area contributed by atoms with E-state index in [2.05, 4.69) is 21.3 Å². The molecule has 8 nitrogen and oxygen atoms in total. The van der Waals surface area contributed by atoms with Crippen LogP contribution in [0.2, 0.25) is 0 Å². The molecule has 4 rings (SSSR count). The van der Waals surface area contributed by atoms with Crippen LogP contribution in [-0.2, 0) is 22.5 Å². The lowest BCUT2D eigenvalue weighted by molar-refractivity contribution is -0.117. The second-order valence-electron chi connectivity index (χ2n) is 10.8. The lowest BCUT2D eigenvalue weighted by atomic mass is 10.0. The molecule has 1 fully saturated rings. The van der Waals surface area contributed by atoms with Crippen LogP contribution in [-0.4, -0.2) is 35.7 Å². The maximum atomic E-state index is 13.2. The molecule has 3 aromatic carbocycles. The second kappa shape index (κ2) is 12.5. The lowest BCUT2D eigenvalue weighted by Crippen LogP contribution is -2.49. The van der Waals surface area contributed by atoms with Gasteiger partial charge in [0.05, 0.1) is 0 Å². The lowest BCUT2D eigenvalue weighted by Gasteiger charge is -2.20. The van der Waals surface area contributed by atoms with Crippen molar-refractivity contribution >= 4 is 23.7 Å². The first-order chi connectivity index (χ1) is 18.7. The Morgan fingerprint density at radius 1 is 0.872 bits per heavy atom. The standard InChI is InChI=1S/C31H36N4O4/c1-31(2,3)39-30(38)35-26-19-25(26)23-14-16-24(17-15-23)33-28(36)27(18-21-10-6-4-7-11-21)34-29(37)32-20-22-12-8-5-9-13-22/h4-17,25-27H,18-20H2,1-3H3,(H,33,36)(H,35,38)(H2,32,34,37)/t25-,26+,27?/m0/s1. The molecule has 4 N–H and O–H groups in total. The number of ether oxygens (including phenoxy) is 1. The number of urea groups is 1. The minimum atomic E-state index is -0.770. The Morgan fingerprint density at radius 3 is 2.10 bits per heavy atom. The molecule has 4 amide bonds. The van der Waals surface area contributed by atoms with Crippen molar-refractivity contribution in [3.63, 3.8) is 0 Å². The van der Waals surface area contributed by atoms with Gasteiger partial charge in [0.1, 0.15) is 11.6 Å². The van der Waals surface area contributed by atoms with Crippen molar-refractivity contribution in [2.45, 2.75) is 63.8 Å². The fraction of sp³-hybridized carbons (Fsp3) is 0.323. The van der Waals surface area contributed by atoms with Gasteiger partial charge in [0.15, 0.2) is 0 Å². The Balaban J connectivity index is 1.33. The molecule has 204 valence electrons. The van der Waals surface area contributed by atoms with Crippen LogP contribution in [0.4, 0.5) is 15.3 Å². The molecular formula is C31H36N4O4. The first-order valence-corrected chi connectivity index (χ1v) is 13.2. The Bertz CT molecular complexity index is 1260. The second-order valence-corrected chi connectivity index (χ2v) is 10.8. The van der Waals surface area contributed by atoms with Crippen molar-refractivity contribution in [2.75, 3.05) is 5.32 Å². The molecule has 0 radical (unpaired) electrons. The summed E-state index contributed by atoms with van der Waals surface area (Å²) in [5.41, 5.74) is 3.08. The molecule has 0 aromatic heterocycles. The van der Waals surface area contributed by atoms with E-state index in [1.165, 1.54) is 0 Å². The highest BCUT2D eigenvalue weighted by Gasteiger charge is 2.40. The van der Waals surface area contributed by atoms with E-state index < -0.39 is 23.8 Å². The Labute approximate surface area is 229 Å². The van der Waals surface area contributed by atoms with Crippen LogP contribution in [0.25, 0.3) is 0 Å². The van der Waals surface area contributed by atoms with E-state index in [0.29, 0.717) is 18.7 Å². The van der Waals surface area contributed by atoms with Gasteiger partial charge in [-0.15, -0.1) is 0 Å². The van der Waals surface area contributed by atoms with Gasteiger partial charge in [0.25, 0.3) is 0 Å². The van der Waals surface area contributed by atoms with Gasteiger partial charge in [-0.25, -0.2) is 9.59 Å². The van der Waals surface area contributed by atoms with E-state index in [9.17, 15) is 14.4 Å². The van der Waals surface area contributed by atoms with Gasteiger partial charge in [0.2, 0.25) is 5.91 Å². The molecule has 1 saturated carbocycles. The summed E-state index contributed by atoms with van der Waals surface area (Å²) >= 11 is 0. The number of amides is 4. The quantitative estimate of drug-likeness (QED) is 0.309. The number of carbonyl (C=O) groups is 3. The van der Waals surface area contributed by atoms with Crippen LogP contribution in [0.5, 0.6) is 0 Å². The summed E-state index contributed by atoms with van der Waals surface area (Å²) in [6, 6.07) is 25.6. The molecule has 0 saturated heterocycles. The van der Waals surface area contributed by atoms with Crippen molar-refractivity contribution < 1.29 is 19.1 Å². The van der Waals surface area contributed by atoms with Gasteiger partial charge in [-0.1, -0.05) is 72.8 Å². The maximum Gasteiger partial charge on any atom is 0.407 e. The molecular weight excluding hydrogens is 492 g/mol. The highest BCUT2D eigenvalue weighted by atomic mass is 16.6. The van der Waals surface area contributed by atoms with Gasteiger partial charge in [0, 0.05) is 30.6 Å². The molecule has 0 spiro atoms. The largest absolute Gasteiger partial charge is 0.444 e. The molecule has 39 heavy (non-hydrogen) atoms. The van der Waals surface area contributed by atoms with E-state index in [1.54, 1.807) is 0 Å². The summed E-state index contributed by atoms with van der Waals surface area (Å²) in [6.45, 7) is 5.86. The predicted molar refractivity (Wildman–Crippen MR) is 151 cm³/mol. The van der Waals surface area contributed by atoms with Gasteiger partial charge < -0.3 is 26.0 Å². The summed E-state index contributed by atoms with van der Waals surface area (Å²) in [5, 5.41) is 11.5. The van der Waals surface area contributed by atoms with Gasteiger partial charge >= 0.3 is 12.1 Å². The number of benzene rings is 3. The smallest absolute Gasteiger partial charge is 0.407 e. The van der Waals surface area contributed by atoms with Crippen molar-refractivity contribution in [1.82, 2.24) is 16.0 Å². The van der Waals surface area contributed by atoms with Gasteiger partial charge in [-0.05, 0) is 56.0 Å². The topological polar surface area (TPSA) is 109 Å². The van der Waals surface area contributed by atoms with E-state index >= 15 is 0 Å². The van der Waals surface area contributed by atoms with E-state index in [0.717, 1.165) is 23.1 Å². The average molecular weight is 529 g/mol. The molecule has 3 atom stereocenters. The first kappa shape index (κ1) is 27.7. The number of hydrogen-bond acceptors (Lipinski definition) is 4. The van der Waals surface area contributed by atoms with Crippen LogP contribution >= 0.6 is 0 Å². The van der Waals surface area contributed by atoms with Crippen LogP contribution in [0.1, 0.15) is 49.8 Å². The van der Waals surface area contributed by atoms with Crippen LogP contribution in [0.15, 0.2) is 84.9 Å². The molecule has 1 aliphatic carbocycles. The number of carbonyl (C=O) groups excluding carboxylic acids is 3. The number of alkyl carbamates (subject to hydrolysis) is 1. The normalized spacial score (nSPS) is 16.9. The average Bonchev–Trinajstić information content (AvgIpc) is 3.66. The Morgan fingerprint density at radius 2 is 1.49 bits per heavy atom. The van der Waals surface area contributed by atoms with Crippen LogP contribution < -0.4 is 21.3 Å².